The summed E-state index contributed by atoms with van der Waals surface area (Å²) < 4.78 is 0. The Morgan fingerprint density at radius 1 is 1.24 bits per heavy atom. The molecule has 1 heterocycles. The van der Waals surface area contributed by atoms with Gasteiger partial charge in [0.05, 0.1) is 6.10 Å². The summed E-state index contributed by atoms with van der Waals surface area (Å²) in [6, 6.07) is 0. The molecule has 3 rings (SSSR count). The summed E-state index contributed by atoms with van der Waals surface area (Å²) in [5.41, 5.74) is 0. The van der Waals surface area contributed by atoms with Crippen LogP contribution in [0.25, 0.3) is 0 Å². The lowest BCUT2D eigenvalue weighted by Gasteiger charge is -2.34. The zero-order chi connectivity index (χ0) is 12.0. The van der Waals surface area contributed by atoms with Crippen molar-refractivity contribution in [2.24, 2.45) is 23.7 Å². The van der Waals surface area contributed by atoms with Crippen LogP contribution in [0.5, 0.6) is 0 Å². The summed E-state index contributed by atoms with van der Waals surface area (Å²) in [7, 11) is 0. The van der Waals surface area contributed by atoms with E-state index in [1.54, 1.807) is 0 Å². The SMILES string of the molecule is CC(O)C1CCCN(C(=O)C2C3CCCC32)C1. The predicted octanol–water partition coefficient (Wildman–Crippen LogP) is 1.65. The van der Waals surface area contributed by atoms with Crippen molar-refractivity contribution < 1.29 is 9.90 Å². The first-order valence-electron chi connectivity index (χ1n) is 7.15. The van der Waals surface area contributed by atoms with Gasteiger partial charge in [0.1, 0.15) is 0 Å². The van der Waals surface area contributed by atoms with Crippen LogP contribution in [0, 0.1) is 23.7 Å². The van der Waals surface area contributed by atoms with Crippen LogP contribution in [0.4, 0.5) is 0 Å². The van der Waals surface area contributed by atoms with Crippen molar-refractivity contribution in [3.05, 3.63) is 0 Å². The number of aliphatic hydroxyl groups excluding tert-OH is 1. The molecule has 1 saturated heterocycles. The molecule has 2 aliphatic carbocycles. The highest BCUT2D eigenvalue weighted by atomic mass is 16.3. The molecule has 3 aliphatic rings. The molecule has 3 fully saturated rings. The molecular formula is C14H23NO2. The molecule has 1 aliphatic heterocycles. The zero-order valence-electron chi connectivity index (χ0n) is 10.6. The first-order chi connectivity index (χ1) is 8.18. The van der Waals surface area contributed by atoms with Gasteiger partial charge in [-0.05, 0) is 44.4 Å². The third kappa shape index (κ3) is 1.99. The fraction of sp³-hybridized carbons (Fsp3) is 0.929. The van der Waals surface area contributed by atoms with Gasteiger partial charge in [-0.2, -0.15) is 0 Å². The van der Waals surface area contributed by atoms with Crippen LogP contribution in [0.1, 0.15) is 39.0 Å². The second kappa shape index (κ2) is 4.27. The van der Waals surface area contributed by atoms with E-state index in [1.807, 2.05) is 11.8 Å². The number of likely N-dealkylation sites (tertiary alicyclic amines) is 1. The largest absolute Gasteiger partial charge is 0.393 e. The Kier molecular flexibility index (Phi) is 2.89. The molecule has 1 amide bonds. The van der Waals surface area contributed by atoms with Crippen molar-refractivity contribution in [1.82, 2.24) is 4.90 Å². The lowest BCUT2D eigenvalue weighted by Crippen LogP contribution is -2.44. The topological polar surface area (TPSA) is 40.5 Å². The number of carbonyl (C=O) groups is 1. The second-order valence-electron chi connectivity index (χ2n) is 6.21. The van der Waals surface area contributed by atoms with Gasteiger partial charge < -0.3 is 10.0 Å². The van der Waals surface area contributed by atoms with E-state index in [-0.39, 0.29) is 6.10 Å². The van der Waals surface area contributed by atoms with Crippen molar-refractivity contribution in [2.45, 2.75) is 45.1 Å². The van der Waals surface area contributed by atoms with Crippen molar-refractivity contribution in [1.29, 1.82) is 0 Å². The number of hydrogen-bond acceptors (Lipinski definition) is 2. The van der Waals surface area contributed by atoms with Gasteiger partial charge in [0.25, 0.3) is 0 Å². The Bertz CT molecular complexity index is 305. The molecule has 1 N–H and O–H groups in total. The second-order valence-corrected chi connectivity index (χ2v) is 6.21. The van der Waals surface area contributed by atoms with Crippen molar-refractivity contribution in [3.63, 3.8) is 0 Å². The van der Waals surface area contributed by atoms with E-state index in [4.69, 9.17) is 0 Å². The Labute approximate surface area is 103 Å². The number of piperidine rings is 1. The van der Waals surface area contributed by atoms with Gasteiger partial charge >= 0.3 is 0 Å². The Hall–Kier alpha value is -0.570. The minimum atomic E-state index is -0.274. The van der Waals surface area contributed by atoms with E-state index in [0.29, 0.717) is 17.7 Å². The maximum atomic E-state index is 12.4. The highest BCUT2D eigenvalue weighted by Gasteiger charge is 2.57. The molecule has 3 heteroatoms. The number of aliphatic hydroxyl groups is 1. The summed E-state index contributed by atoms with van der Waals surface area (Å²) >= 11 is 0. The van der Waals surface area contributed by atoms with Crippen LogP contribution < -0.4 is 0 Å². The summed E-state index contributed by atoms with van der Waals surface area (Å²) in [6.45, 7) is 3.55. The maximum absolute atomic E-state index is 12.4. The molecule has 3 nitrogen and oxygen atoms in total. The quantitative estimate of drug-likeness (QED) is 0.793. The molecule has 2 saturated carbocycles. The van der Waals surface area contributed by atoms with Crippen molar-refractivity contribution >= 4 is 5.91 Å². The lowest BCUT2D eigenvalue weighted by molar-refractivity contribution is -0.136. The van der Waals surface area contributed by atoms with Gasteiger partial charge in [-0.15, -0.1) is 0 Å². The molecule has 96 valence electrons. The standard InChI is InChI=1S/C14H23NO2/c1-9(16)10-4-3-7-15(8-10)14(17)13-11-5-2-6-12(11)13/h9-13,16H,2-8H2,1H3. The molecule has 17 heavy (non-hydrogen) atoms. The van der Waals surface area contributed by atoms with E-state index < -0.39 is 0 Å². The monoisotopic (exact) mass is 237 g/mol. The van der Waals surface area contributed by atoms with Gasteiger partial charge in [-0.1, -0.05) is 6.42 Å². The number of fused-ring (bicyclic) bond motifs is 1. The van der Waals surface area contributed by atoms with E-state index in [9.17, 15) is 9.90 Å². The average Bonchev–Trinajstić information content (AvgIpc) is 2.81. The number of rotatable bonds is 2. The fourth-order valence-electron chi connectivity index (χ4n) is 4.00. The van der Waals surface area contributed by atoms with Crippen LogP contribution >= 0.6 is 0 Å². The third-order valence-corrected chi connectivity index (χ3v) is 5.14. The molecular weight excluding hydrogens is 214 g/mol. The Morgan fingerprint density at radius 3 is 2.59 bits per heavy atom. The molecule has 4 atom stereocenters. The van der Waals surface area contributed by atoms with Gasteiger partial charge in [0, 0.05) is 24.9 Å². The van der Waals surface area contributed by atoms with Crippen LogP contribution in [-0.2, 0) is 4.79 Å². The molecule has 0 spiro atoms. The van der Waals surface area contributed by atoms with Crippen molar-refractivity contribution in [2.75, 3.05) is 13.1 Å². The van der Waals surface area contributed by atoms with Gasteiger partial charge in [0.2, 0.25) is 5.91 Å². The third-order valence-electron chi connectivity index (χ3n) is 5.14. The maximum Gasteiger partial charge on any atom is 0.226 e. The zero-order valence-corrected chi connectivity index (χ0v) is 10.6. The highest BCUT2D eigenvalue weighted by Crippen LogP contribution is 2.58. The molecule has 0 radical (unpaired) electrons. The summed E-state index contributed by atoms with van der Waals surface area (Å²) in [5, 5.41) is 9.65. The lowest BCUT2D eigenvalue weighted by atomic mass is 9.93. The molecule has 4 unspecified atom stereocenters. The smallest absolute Gasteiger partial charge is 0.226 e. The van der Waals surface area contributed by atoms with Gasteiger partial charge in [-0.25, -0.2) is 0 Å². The Morgan fingerprint density at radius 2 is 1.94 bits per heavy atom. The number of nitrogens with zero attached hydrogens (tertiary/aromatic N) is 1. The molecule has 0 aromatic rings. The van der Waals surface area contributed by atoms with Crippen LogP contribution in [0.15, 0.2) is 0 Å². The number of carbonyl (C=O) groups excluding carboxylic acids is 1. The normalized spacial score (nSPS) is 42.1. The Balaban J connectivity index is 1.59. The number of amides is 1. The van der Waals surface area contributed by atoms with E-state index in [1.165, 1.54) is 19.3 Å². The van der Waals surface area contributed by atoms with E-state index >= 15 is 0 Å². The van der Waals surface area contributed by atoms with Crippen molar-refractivity contribution in [3.8, 4) is 0 Å². The van der Waals surface area contributed by atoms with Crippen LogP contribution in [-0.4, -0.2) is 35.1 Å². The summed E-state index contributed by atoms with van der Waals surface area (Å²) in [5.74, 6) is 2.48. The van der Waals surface area contributed by atoms with E-state index in [2.05, 4.69) is 0 Å². The summed E-state index contributed by atoms with van der Waals surface area (Å²) in [4.78, 5) is 14.4. The predicted molar refractivity (Wildman–Crippen MR) is 65.3 cm³/mol. The number of hydrogen-bond donors (Lipinski definition) is 1. The summed E-state index contributed by atoms with van der Waals surface area (Å²) in [6.07, 6.45) is 5.73. The first-order valence-corrected chi connectivity index (χ1v) is 7.15. The van der Waals surface area contributed by atoms with Crippen LogP contribution in [0.2, 0.25) is 0 Å². The van der Waals surface area contributed by atoms with E-state index in [0.717, 1.165) is 37.8 Å². The minimum absolute atomic E-state index is 0.274. The first kappa shape index (κ1) is 11.5. The average molecular weight is 237 g/mol. The van der Waals surface area contributed by atoms with Crippen LogP contribution in [0.3, 0.4) is 0 Å². The molecule has 0 bridgehead atoms. The molecule has 0 aromatic heterocycles. The fourth-order valence-corrected chi connectivity index (χ4v) is 4.00. The minimum Gasteiger partial charge on any atom is -0.393 e. The van der Waals surface area contributed by atoms with Gasteiger partial charge in [-0.3, -0.25) is 4.79 Å². The highest BCUT2D eigenvalue weighted by molar-refractivity contribution is 5.82. The van der Waals surface area contributed by atoms with Gasteiger partial charge in [0.15, 0.2) is 0 Å². The molecule has 0 aromatic carbocycles.